The third-order valence-corrected chi connectivity index (χ3v) is 11.6. The first-order valence-corrected chi connectivity index (χ1v) is 14.5. The summed E-state index contributed by atoms with van der Waals surface area (Å²) < 4.78 is 12.6. The van der Waals surface area contributed by atoms with E-state index in [-0.39, 0.29) is 0 Å². The van der Waals surface area contributed by atoms with Gasteiger partial charge in [-0.3, -0.25) is 0 Å². The molecule has 0 N–H and O–H groups in total. The quantitative estimate of drug-likeness (QED) is 0.441. The standard InChI is InChI=1S/C31H42O2/c1-2-19-9-27(30-11-20-3-21(12-30)5-22(4-20)13-30)29(33-18-26-17-32-26)28(10-19)31-14-23-6-24(15-31)8-25(7-23)16-31/h9-10,20-26H,2-8,11-18H2,1H3. The molecule has 9 fully saturated rings. The molecular formula is C31H42O2. The molecule has 1 heterocycles. The molecule has 1 atom stereocenters. The molecule has 1 saturated heterocycles. The zero-order chi connectivity index (χ0) is 21.8. The van der Waals surface area contributed by atoms with Gasteiger partial charge in [-0.2, -0.15) is 0 Å². The summed E-state index contributed by atoms with van der Waals surface area (Å²) in [6.07, 6.45) is 19.2. The lowest BCUT2D eigenvalue weighted by Gasteiger charge is -2.59. The van der Waals surface area contributed by atoms with E-state index in [1.807, 2.05) is 0 Å². The van der Waals surface area contributed by atoms with E-state index in [9.17, 15) is 0 Å². The van der Waals surface area contributed by atoms with Crippen molar-refractivity contribution in [2.45, 2.75) is 107 Å². The monoisotopic (exact) mass is 446 g/mol. The molecule has 0 radical (unpaired) electrons. The van der Waals surface area contributed by atoms with Gasteiger partial charge in [0.1, 0.15) is 18.5 Å². The minimum atomic E-state index is 0.337. The maximum Gasteiger partial charge on any atom is 0.126 e. The normalized spacial score (nSPS) is 48.5. The average molecular weight is 447 g/mol. The predicted octanol–water partition coefficient (Wildman–Crippen LogP) is 6.96. The average Bonchev–Trinajstić information content (AvgIpc) is 3.60. The number of aryl methyl sites for hydroxylation is 1. The fourth-order valence-electron chi connectivity index (χ4n) is 11.1. The van der Waals surface area contributed by atoms with E-state index in [1.54, 1.807) is 16.7 Å². The Bertz CT molecular complexity index is 820. The van der Waals surface area contributed by atoms with E-state index in [1.165, 1.54) is 82.8 Å². The molecule has 1 aromatic carbocycles. The Morgan fingerprint density at radius 2 is 1.12 bits per heavy atom. The van der Waals surface area contributed by atoms with Crippen molar-refractivity contribution in [3.63, 3.8) is 0 Å². The second-order valence-electron chi connectivity index (χ2n) is 14.0. The van der Waals surface area contributed by atoms with Crippen LogP contribution < -0.4 is 4.74 Å². The molecule has 8 aliphatic carbocycles. The molecule has 10 rings (SSSR count). The van der Waals surface area contributed by atoms with Gasteiger partial charge in [0.2, 0.25) is 0 Å². The van der Waals surface area contributed by atoms with Crippen LogP contribution >= 0.6 is 0 Å². The van der Waals surface area contributed by atoms with E-state index in [4.69, 9.17) is 9.47 Å². The zero-order valence-electron chi connectivity index (χ0n) is 20.6. The van der Waals surface area contributed by atoms with Gasteiger partial charge < -0.3 is 9.47 Å². The van der Waals surface area contributed by atoms with Gasteiger partial charge in [-0.25, -0.2) is 0 Å². The van der Waals surface area contributed by atoms with Crippen LogP contribution in [0.15, 0.2) is 12.1 Å². The van der Waals surface area contributed by atoms with E-state index in [2.05, 4.69) is 19.1 Å². The molecule has 2 nitrogen and oxygen atoms in total. The van der Waals surface area contributed by atoms with E-state index < -0.39 is 0 Å². The molecule has 9 aliphatic rings. The molecule has 0 aromatic heterocycles. The SMILES string of the molecule is CCc1cc(C23CC4CC(CC(C4)C2)C3)c(OCC2CO2)c(C23CC4CC(CC(C4)C2)C3)c1. The molecule has 8 bridgehead atoms. The van der Waals surface area contributed by atoms with Gasteiger partial charge in [-0.15, -0.1) is 0 Å². The Morgan fingerprint density at radius 3 is 1.45 bits per heavy atom. The highest BCUT2D eigenvalue weighted by atomic mass is 16.6. The van der Waals surface area contributed by atoms with E-state index >= 15 is 0 Å². The zero-order valence-corrected chi connectivity index (χ0v) is 20.6. The van der Waals surface area contributed by atoms with Crippen LogP contribution in [0.3, 0.4) is 0 Å². The number of ether oxygens (including phenoxy) is 2. The van der Waals surface area contributed by atoms with Crippen molar-refractivity contribution in [3.05, 3.63) is 28.8 Å². The van der Waals surface area contributed by atoms with Gasteiger partial charge in [0.25, 0.3) is 0 Å². The lowest BCUT2D eigenvalue weighted by Crippen LogP contribution is -2.50. The van der Waals surface area contributed by atoms with Crippen LogP contribution in [0, 0.1) is 35.5 Å². The fourth-order valence-corrected chi connectivity index (χ4v) is 11.1. The summed E-state index contributed by atoms with van der Waals surface area (Å²) in [6, 6.07) is 5.28. The molecular weight excluding hydrogens is 404 g/mol. The van der Waals surface area contributed by atoms with Crippen LogP contribution in [0.4, 0.5) is 0 Å². The maximum atomic E-state index is 6.95. The Labute approximate surface area is 200 Å². The number of hydrogen-bond donors (Lipinski definition) is 0. The number of hydrogen-bond acceptors (Lipinski definition) is 2. The smallest absolute Gasteiger partial charge is 0.126 e. The Balaban J connectivity index is 1.29. The topological polar surface area (TPSA) is 21.8 Å². The first-order valence-electron chi connectivity index (χ1n) is 14.5. The molecule has 0 spiro atoms. The summed E-state index contributed by atoms with van der Waals surface area (Å²) in [5, 5.41) is 0. The Morgan fingerprint density at radius 1 is 0.727 bits per heavy atom. The highest BCUT2D eigenvalue weighted by Crippen LogP contribution is 2.65. The summed E-state index contributed by atoms with van der Waals surface area (Å²) >= 11 is 0. The van der Waals surface area contributed by atoms with Crippen molar-refractivity contribution in [3.8, 4) is 5.75 Å². The lowest BCUT2D eigenvalue weighted by atomic mass is 9.46. The van der Waals surface area contributed by atoms with Gasteiger partial charge in [-0.05, 0) is 135 Å². The van der Waals surface area contributed by atoms with Crippen LogP contribution in [0.2, 0.25) is 0 Å². The van der Waals surface area contributed by atoms with Crippen molar-refractivity contribution in [1.29, 1.82) is 0 Å². The summed E-state index contributed by atoms with van der Waals surface area (Å²) in [6.45, 7) is 4.04. The van der Waals surface area contributed by atoms with Gasteiger partial charge >= 0.3 is 0 Å². The second-order valence-corrected chi connectivity index (χ2v) is 14.0. The van der Waals surface area contributed by atoms with Crippen LogP contribution in [-0.2, 0) is 22.0 Å². The second kappa shape index (κ2) is 7.02. The summed E-state index contributed by atoms with van der Waals surface area (Å²) in [7, 11) is 0. The molecule has 0 amide bonds. The van der Waals surface area contributed by atoms with Gasteiger partial charge in [-0.1, -0.05) is 19.1 Å². The molecule has 178 valence electrons. The molecule has 1 aromatic rings. The van der Waals surface area contributed by atoms with Crippen LogP contribution in [0.5, 0.6) is 5.75 Å². The van der Waals surface area contributed by atoms with Gasteiger partial charge in [0, 0.05) is 11.1 Å². The lowest BCUT2D eigenvalue weighted by molar-refractivity contribution is -0.0109. The van der Waals surface area contributed by atoms with Crippen molar-refractivity contribution in [2.24, 2.45) is 35.5 Å². The minimum absolute atomic E-state index is 0.337. The summed E-state index contributed by atoms with van der Waals surface area (Å²) in [5.41, 5.74) is 5.70. The van der Waals surface area contributed by atoms with Crippen LogP contribution in [0.25, 0.3) is 0 Å². The molecule has 1 unspecified atom stereocenters. The number of benzene rings is 1. The molecule has 2 heteroatoms. The third kappa shape index (κ3) is 3.14. The fraction of sp³-hybridized carbons (Fsp3) is 0.806. The minimum Gasteiger partial charge on any atom is -0.490 e. The summed E-state index contributed by atoms with van der Waals surface area (Å²) in [5.74, 6) is 7.22. The van der Waals surface area contributed by atoms with E-state index in [0.29, 0.717) is 16.9 Å². The third-order valence-electron chi connectivity index (χ3n) is 11.6. The van der Waals surface area contributed by atoms with E-state index in [0.717, 1.165) is 55.1 Å². The largest absolute Gasteiger partial charge is 0.490 e. The highest BCUT2D eigenvalue weighted by Gasteiger charge is 2.56. The summed E-state index contributed by atoms with van der Waals surface area (Å²) in [4.78, 5) is 0. The molecule has 33 heavy (non-hydrogen) atoms. The van der Waals surface area contributed by atoms with Crippen molar-refractivity contribution in [2.75, 3.05) is 13.2 Å². The van der Waals surface area contributed by atoms with Crippen LogP contribution in [0.1, 0.15) is 101 Å². The first kappa shape index (κ1) is 20.2. The van der Waals surface area contributed by atoms with Gasteiger partial charge in [0.05, 0.1) is 6.61 Å². The van der Waals surface area contributed by atoms with Crippen molar-refractivity contribution in [1.82, 2.24) is 0 Å². The Kier molecular flexibility index (Phi) is 4.30. The highest BCUT2D eigenvalue weighted by molar-refractivity contribution is 5.54. The number of epoxide rings is 1. The van der Waals surface area contributed by atoms with Crippen molar-refractivity contribution >= 4 is 0 Å². The first-order chi connectivity index (χ1) is 16.1. The van der Waals surface area contributed by atoms with Crippen LogP contribution in [-0.4, -0.2) is 19.3 Å². The number of rotatable bonds is 6. The molecule has 8 saturated carbocycles. The predicted molar refractivity (Wildman–Crippen MR) is 131 cm³/mol. The maximum absolute atomic E-state index is 6.95. The molecule has 1 aliphatic heterocycles. The van der Waals surface area contributed by atoms with Crippen molar-refractivity contribution < 1.29 is 9.47 Å². The van der Waals surface area contributed by atoms with Gasteiger partial charge in [0.15, 0.2) is 0 Å². The Hall–Kier alpha value is -1.02.